The van der Waals surface area contributed by atoms with Crippen molar-refractivity contribution in [3.05, 3.63) is 48.7 Å². The van der Waals surface area contributed by atoms with E-state index in [0.717, 1.165) is 11.3 Å². The average Bonchev–Trinajstić information content (AvgIpc) is 2.78. The summed E-state index contributed by atoms with van der Waals surface area (Å²) in [6.45, 7) is 5.20. The molecule has 0 aliphatic carbocycles. The van der Waals surface area contributed by atoms with Crippen molar-refractivity contribution in [3.8, 4) is 11.3 Å². The molecule has 3 heteroatoms. The molecule has 0 amide bonds. The topological polar surface area (TPSA) is 45.8 Å². The zero-order valence-electron chi connectivity index (χ0n) is 9.03. The van der Waals surface area contributed by atoms with Gasteiger partial charge in [0.1, 0.15) is 0 Å². The van der Waals surface area contributed by atoms with Crippen LogP contribution in [0.2, 0.25) is 0 Å². The summed E-state index contributed by atoms with van der Waals surface area (Å²) >= 11 is 0. The third-order valence-electron chi connectivity index (χ3n) is 2.40. The van der Waals surface area contributed by atoms with Crippen molar-refractivity contribution < 1.29 is 4.79 Å². The molecule has 3 nitrogen and oxygen atoms in total. The number of rotatable bonds is 3. The summed E-state index contributed by atoms with van der Waals surface area (Å²) in [7, 11) is 0. The van der Waals surface area contributed by atoms with Crippen LogP contribution in [-0.4, -0.2) is 16.0 Å². The van der Waals surface area contributed by atoms with Crippen LogP contribution >= 0.6 is 0 Å². The van der Waals surface area contributed by atoms with E-state index in [-0.39, 0.29) is 5.78 Å². The Balaban J connectivity index is 2.34. The van der Waals surface area contributed by atoms with Gasteiger partial charge in [-0.2, -0.15) is 5.10 Å². The van der Waals surface area contributed by atoms with Crippen LogP contribution in [0, 0.1) is 0 Å². The molecule has 2 aromatic rings. The Kier molecular flexibility index (Phi) is 2.68. The van der Waals surface area contributed by atoms with Crippen LogP contribution in [0.5, 0.6) is 0 Å². The largest absolute Gasteiger partial charge is 0.294 e. The van der Waals surface area contributed by atoms with Crippen LogP contribution in [-0.2, 0) is 4.79 Å². The summed E-state index contributed by atoms with van der Waals surface area (Å²) in [4.78, 5) is 11.1. The van der Waals surface area contributed by atoms with Crippen LogP contribution in [0.4, 0.5) is 0 Å². The van der Waals surface area contributed by atoms with Gasteiger partial charge in [0, 0.05) is 11.1 Å². The fraction of sp³-hybridized carbons (Fsp3) is 0.0769. The van der Waals surface area contributed by atoms with E-state index in [9.17, 15) is 4.79 Å². The van der Waals surface area contributed by atoms with Gasteiger partial charge in [-0.1, -0.05) is 36.9 Å². The molecule has 1 heterocycles. The normalized spacial score (nSPS) is 10.1. The minimum absolute atomic E-state index is 0.0525. The molecular formula is C13H12N2O. The highest BCUT2D eigenvalue weighted by Crippen LogP contribution is 2.20. The maximum atomic E-state index is 11.1. The number of hydrogen-bond donors (Lipinski definition) is 1. The smallest absolute Gasteiger partial charge is 0.161 e. The second-order valence-corrected chi connectivity index (χ2v) is 3.57. The summed E-state index contributed by atoms with van der Waals surface area (Å²) in [5.74, 6) is -0.0525. The van der Waals surface area contributed by atoms with E-state index in [0.29, 0.717) is 11.3 Å². The van der Waals surface area contributed by atoms with E-state index in [1.165, 1.54) is 6.92 Å². The van der Waals surface area contributed by atoms with Crippen LogP contribution in [0.3, 0.4) is 0 Å². The molecule has 1 aromatic heterocycles. The maximum Gasteiger partial charge on any atom is 0.161 e. The molecule has 1 aromatic carbocycles. The fourth-order valence-electron chi connectivity index (χ4n) is 1.42. The zero-order chi connectivity index (χ0) is 11.5. The molecule has 0 saturated heterocycles. The van der Waals surface area contributed by atoms with Crippen LogP contribution in [0.25, 0.3) is 16.8 Å². The third kappa shape index (κ3) is 1.93. The Labute approximate surface area is 93.8 Å². The number of carbonyl (C=O) groups excluding carboxylic acids is 1. The summed E-state index contributed by atoms with van der Waals surface area (Å²) in [6, 6.07) is 11.6. The van der Waals surface area contributed by atoms with Crippen LogP contribution in [0.15, 0.2) is 43.0 Å². The highest BCUT2D eigenvalue weighted by molar-refractivity contribution is 6.18. The second kappa shape index (κ2) is 4.14. The lowest BCUT2D eigenvalue weighted by Crippen LogP contribution is -1.93. The van der Waals surface area contributed by atoms with Gasteiger partial charge in [0.05, 0.1) is 11.4 Å². The van der Waals surface area contributed by atoms with Gasteiger partial charge in [-0.15, -0.1) is 0 Å². The molecule has 0 saturated carbocycles. The van der Waals surface area contributed by atoms with Crippen molar-refractivity contribution in [2.45, 2.75) is 6.92 Å². The molecule has 0 spiro atoms. The van der Waals surface area contributed by atoms with Crippen molar-refractivity contribution in [2.75, 3.05) is 0 Å². The highest BCUT2D eigenvalue weighted by atomic mass is 16.1. The molecule has 0 atom stereocenters. The fourth-order valence-corrected chi connectivity index (χ4v) is 1.42. The molecule has 16 heavy (non-hydrogen) atoms. The molecule has 0 aliphatic rings. The lowest BCUT2D eigenvalue weighted by atomic mass is 10.1. The lowest BCUT2D eigenvalue weighted by molar-refractivity contribution is -0.111. The van der Waals surface area contributed by atoms with E-state index in [2.05, 4.69) is 16.8 Å². The summed E-state index contributed by atoms with van der Waals surface area (Å²) in [5, 5.41) is 6.97. The van der Waals surface area contributed by atoms with Gasteiger partial charge < -0.3 is 0 Å². The standard InChI is InChI=1S/C13H12N2O/c1-9(10(2)16)12-8-13(15-14-12)11-6-4-3-5-7-11/h3-8H,1H2,2H3,(H,14,15). The van der Waals surface area contributed by atoms with Gasteiger partial charge in [0.2, 0.25) is 0 Å². The number of Topliss-reactive ketones (excluding diaryl/α,β-unsaturated/α-hetero) is 1. The Morgan fingerprint density at radius 2 is 2.00 bits per heavy atom. The number of carbonyl (C=O) groups is 1. The van der Waals surface area contributed by atoms with Gasteiger partial charge in [-0.3, -0.25) is 9.89 Å². The molecule has 80 valence electrons. The Morgan fingerprint density at radius 3 is 2.62 bits per heavy atom. The number of benzene rings is 1. The predicted octanol–water partition coefficient (Wildman–Crippen LogP) is 2.68. The van der Waals surface area contributed by atoms with Crippen molar-refractivity contribution in [3.63, 3.8) is 0 Å². The minimum atomic E-state index is -0.0525. The molecule has 0 fully saturated rings. The van der Waals surface area contributed by atoms with Crippen molar-refractivity contribution in [1.29, 1.82) is 0 Å². The molecular weight excluding hydrogens is 200 g/mol. The molecule has 0 bridgehead atoms. The quantitative estimate of drug-likeness (QED) is 0.795. The molecule has 0 radical (unpaired) electrons. The van der Waals surface area contributed by atoms with Crippen LogP contribution in [0.1, 0.15) is 12.6 Å². The van der Waals surface area contributed by atoms with Gasteiger partial charge in [-0.25, -0.2) is 0 Å². The molecule has 0 aliphatic heterocycles. The number of H-pyrrole nitrogens is 1. The Hall–Kier alpha value is -2.16. The molecule has 2 rings (SSSR count). The SMILES string of the molecule is C=C(C(C)=O)c1cc(-c2ccccc2)n[nH]1. The number of nitrogens with one attached hydrogen (secondary N) is 1. The first-order valence-corrected chi connectivity index (χ1v) is 4.99. The van der Waals surface area contributed by atoms with Crippen molar-refractivity contribution in [1.82, 2.24) is 10.2 Å². The van der Waals surface area contributed by atoms with Gasteiger partial charge >= 0.3 is 0 Å². The summed E-state index contributed by atoms with van der Waals surface area (Å²) < 4.78 is 0. The van der Waals surface area contributed by atoms with Crippen LogP contribution < -0.4 is 0 Å². The number of allylic oxidation sites excluding steroid dienone is 1. The number of ketones is 1. The van der Waals surface area contributed by atoms with Gasteiger partial charge in [-0.05, 0) is 13.0 Å². The monoisotopic (exact) mass is 212 g/mol. The molecule has 1 N–H and O–H groups in total. The van der Waals surface area contributed by atoms with Gasteiger partial charge in [0.15, 0.2) is 5.78 Å². The highest BCUT2D eigenvalue weighted by Gasteiger charge is 2.08. The number of hydrogen-bond acceptors (Lipinski definition) is 2. The number of aromatic amines is 1. The first kappa shape index (κ1) is 10.4. The maximum absolute atomic E-state index is 11.1. The first-order chi connectivity index (χ1) is 7.68. The van der Waals surface area contributed by atoms with E-state index in [4.69, 9.17) is 0 Å². The van der Waals surface area contributed by atoms with Crippen molar-refractivity contribution in [2.24, 2.45) is 0 Å². The van der Waals surface area contributed by atoms with E-state index in [1.54, 1.807) is 0 Å². The third-order valence-corrected chi connectivity index (χ3v) is 2.40. The van der Waals surface area contributed by atoms with E-state index < -0.39 is 0 Å². The number of aromatic nitrogens is 2. The first-order valence-electron chi connectivity index (χ1n) is 4.99. The van der Waals surface area contributed by atoms with Crippen molar-refractivity contribution >= 4 is 11.4 Å². The minimum Gasteiger partial charge on any atom is -0.294 e. The summed E-state index contributed by atoms with van der Waals surface area (Å²) in [6.07, 6.45) is 0. The molecule has 0 unspecified atom stereocenters. The lowest BCUT2D eigenvalue weighted by Gasteiger charge is -1.94. The zero-order valence-corrected chi connectivity index (χ0v) is 9.03. The van der Waals surface area contributed by atoms with E-state index in [1.807, 2.05) is 36.4 Å². The average molecular weight is 212 g/mol. The van der Waals surface area contributed by atoms with Gasteiger partial charge in [0.25, 0.3) is 0 Å². The predicted molar refractivity (Wildman–Crippen MR) is 63.7 cm³/mol. The summed E-state index contributed by atoms with van der Waals surface area (Å²) in [5.41, 5.74) is 2.96. The Bertz CT molecular complexity index is 526. The Morgan fingerprint density at radius 1 is 1.31 bits per heavy atom. The van der Waals surface area contributed by atoms with E-state index >= 15 is 0 Å². The second-order valence-electron chi connectivity index (χ2n) is 3.57. The number of nitrogens with zero attached hydrogens (tertiary/aromatic N) is 1.